The molecule has 1 rings (SSSR count). The van der Waals surface area contributed by atoms with Gasteiger partial charge in [-0.25, -0.2) is 4.98 Å². The minimum absolute atomic E-state index is 0.132. The first-order valence-electron chi connectivity index (χ1n) is 6.11. The van der Waals surface area contributed by atoms with Crippen molar-refractivity contribution in [3.8, 4) is 0 Å². The summed E-state index contributed by atoms with van der Waals surface area (Å²) in [5.74, 6) is 2.41. The number of carbonyl (C=O) groups excluding carboxylic acids is 1. The molecule has 0 aliphatic carbocycles. The van der Waals surface area contributed by atoms with Crippen molar-refractivity contribution in [3.05, 3.63) is 18.1 Å². The molecule has 6 heteroatoms. The first-order valence-corrected chi connectivity index (χ1v) is 7.27. The van der Waals surface area contributed by atoms with E-state index in [0.29, 0.717) is 11.5 Å². The van der Waals surface area contributed by atoms with Gasteiger partial charge in [-0.3, -0.25) is 9.78 Å². The molecule has 1 aromatic rings. The van der Waals surface area contributed by atoms with Gasteiger partial charge >= 0.3 is 0 Å². The summed E-state index contributed by atoms with van der Waals surface area (Å²) in [5, 5.41) is 5.94. The molecule has 0 spiro atoms. The molecule has 1 heterocycles. The Hall–Kier alpha value is -1.30. The summed E-state index contributed by atoms with van der Waals surface area (Å²) in [5.41, 5.74) is 0.349. The fourth-order valence-electron chi connectivity index (χ4n) is 1.38. The van der Waals surface area contributed by atoms with Gasteiger partial charge in [0.05, 0.1) is 12.4 Å². The van der Waals surface area contributed by atoms with Crippen LogP contribution >= 0.6 is 11.8 Å². The second-order valence-corrected chi connectivity index (χ2v) is 5.17. The van der Waals surface area contributed by atoms with E-state index in [-0.39, 0.29) is 11.9 Å². The molecule has 5 nitrogen and oxygen atoms in total. The van der Waals surface area contributed by atoms with Crippen LogP contribution in [0.25, 0.3) is 0 Å². The predicted molar refractivity (Wildman–Crippen MR) is 76.1 cm³/mol. The first-order chi connectivity index (χ1) is 8.67. The highest BCUT2D eigenvalue weighted by atomic mass is 32.2. The van der Waals surface area contributed by atoms with Crippen LogP contribution < -0.4 is 10.6 Å². The maximum atomic E-state index is 11.9. The Balaban J connectivity index is 2.57. The Morgan fingerprint density at radius 1 is 1.44 bits per heavy atom. The van der Waals surface area contributed by atoms with Crippen LogP contribution in [-0.2, 0) is 0 Å². The van der Waals surface area contributed by atoms with Crippen LogP contribution in [0.4, 0.5) is 5.82 Å². The Labute approximate surface area is 112 Å². The van der Waals surface area contributed by atoms with Crippen molar-refractivity contribution in [3.63, 3.8) is 0 Å². The lowest BCUT2D eigenvalue weighted by molar-refractivity contribution is 0.0938. The van der Waals surface area contributed by atoms with Crippen LogP contribution in [0.15, 0.2) is 12.4 Å². The Kier molecular flexibility index (Phi) is 6.49. The van der Waals surface area contributed by atoms with Gasteiger partial charge in [-0.05, 0) is 19.6 Å². The molecule has 1 aromatic heterocycles. The molecule has 0 fully saturated rings. The van der Waals surface area contributed by atoms with Crippen molar-refractivity contribution in [1.29, 1.82) is 0 Å². The van der Waals surface area contributed by atoms with Crippen molar-refractivity contribution < 1.29 is 4.79 Å². The van der Waals surface area contributed by atoms with Gasteiger partial charge < -0.3 is 10.6 Å². The number of nitrogens with zero attached hydrogens (tertiary/aromatic N) is 2. The third-order valence-corrected chi connectivity index (χ3v) is 3.32. The topological polar surface area (TPSA) is 66.9 Å². The molecule has 100 valence electrons. The fourth-order valence-corrected chi connectivity index (χ4v) is 2.05. The number of nitrogens with one attached hydrogen (secondary N) is 2. The molecule has 0 saturated heterocycles. The van der Waals surface area contributed by atoms with E-state index in [2.05, 4.69) is 27.5 Å². The zero-order valence-electron chi connectivity index (χ0n) is 11.1. The summed E-state index contributed by atoms with van der Waals surface area (Å²) in [7, 11) is 0. The number of amides is 1. The van der Waals surface area contributed by atoms with Crippen molar-refractivity contribution >= 4 is 23.5 Å². The van der Waals surface area contributed by atoms with Gasteiger partial charge in [0.2, 0.25) is 0 Å². The third-order valence-electron chi connectivity index (χ3n) is 2.17. The van der Waals surface area contributed by atoms with E-state index >= 15 is 0 Å². The molecular formula is C12H20N4OS. The van der Waals surface area contributed by atoms with E-state index in [1.807, 2.05) is 13.8 Å². The maximum Gasteiger partial charge on any atom is 0.271 e. The molecule has 1 atom stereocenters. The third kappa shape index (κ3) is 4.91. The highest BCUT2D eigenvalue weighted by Crippen LogP contribution is 2.04. The summed E-state index contributed by atoms with van der Waals surface area (Å²) in [6.07, 6.45) is 3.09. The summed E-state index contributed by atoms with van der Waals surface area (Å²) >= 11 is 1.80. The average Bonchev–Trinajstić information content (AvgIpc) is 2.37. The second-order valence-electron chi connectivity index (χ2n) is 3.85. The SMILES string of the molecule is CCNc1cncc(C(=O)NC(C)CSCC)n1. The highest BCUT2D eigenvalue weighted by molar-refractivity contribution is 7.99. The van der Waals surface area contributed by atoms with Gasteiger partial charge in [0.25, 0.3) is 5.91 Å². The molecule has 0 aliphatic rings. The van der Waals surface area contributed by atoms with E-state index in [1.165, 1.54) is 6.20 Å². The van der Waals surface area contributed by atoms with Gasteiger partial charge in [-0.1, -0.05) is 6.92 Å². The minimum Gasteiger partial charge on any atom is -0.369 e. The maximum absolute atomic E-state index is 11.9. The van der Waals surface area contributed by atoms with Crippen LogP contribution in [-0.4, -0.2) is 40.0 Å². The monoisotopic (exact) mass is 268 g/mol. The number of anilines is 1. The summed E-state index contributed by atoms with van der Waals surface area (Å²) in [6.45, 7) is 6.81. The Morgan fingerprint density at radius 3 is 2.89 bits per heavy atom. The molecule has 0 aliphatic heterocycles. The number of aromatic nitrogens is 2. The smallest absolute Gasteiger partial charge is 0.271 e. The van der Waals surface area contributed by atoms with E-state index in [9.17, 15) is 4.79 Å². The molecule has 0 aromatic carbocycles. The van der Waals surface area contributed by atoms with Crippen LogP contribution in [0.5, 0.6) is 0 Å². The van der Waals surface area contributed by atoms with Crippen molar-refractivity contribution in [2.24, 2.45) is 0 Å². The largest absolute Gasteiger partial charge is 0.369 e. The molecular weight excluding hydrogens is 248 g/mol. The average molecular weight is 268 g/mol. The Bertz CT molecular complexity index is 386. The number of carbonyl (C=O) groups is 1. The lowest BCUT2D eigenvalue weighted by atomic mass is 10.3. The standard InChI is InChI=1S/C12H20N4OS/c1-4-14-11-7-13-6-10(16-11)12(17)15-9(3)8-18-5-2/h6-7,9H,4-5,8H2,1-3H3,(H,14,16)(H,15,17). The van der Waals surface area contributed by atoms with Crippen LogP contribution in [0.1, 0.15) is 31.3 Å². The first kappa shape index (κ1) is 14.8. The van der Waals surface area contributed by atoms with Crippen molar-refractivity contribution in [1.82, 2.24) is 15.3 Å². The van der Waals surface area contributed by atoms with E-state index in [4.69, 9.17) is 0 Å². The van der Waals surface area contributed by atoms with Gasteiger partial charge in [-0.2, -0.15) is 11.8 Å². The van der Waals surface area contributed by atoms with Crippen LogP contribution in [0, 0.1) is 0 Å². The minimum atomic E-state index is -0.175. The quantitative estimate of drug-likeness (QED) is 0.789. The van der Waals surface area contributed by atoms with Gasteiger partial charge in [0.1, 0.15) is 11.5 Å². The van der Waals surface area contributed by atoms with Gasteiger partial charge in [0, 0.05) is 18.3 Å². The predicted octanol–water partition coefficient (Wildman–Crippen LogP) is 1.78. The van der Waals surface area contributed by atoms with Gasteiger partial charge in [-0.15, -0.1) is 0 Å². The molecule has 1 amide bonds. The Morgan fingerprint density at radius 2 is 2.22 bits per heavy atom. The zero-order chi connectivity index (χ0) is 13.4. The number of hydrogen-bond acceptors (Lipinski definition) is 5. The van der Waals surface area contributed by atoms with Crippen molar-refractivity contribution in [2.45, 2.75) is 26.8 Å². The van der Waals surface area contributed by atoms with Crippen LogP contribution in [0.3, 0.4) is 0 Å². The highest BCUT2D eigenvalue weighted by Gasteiger charge is 2.11. The van der Waals surface area contributed by atoms with E-state index in [1.54, 1.807) is 18.0 Å². The van der Waals surface area contributed by atoms with Crippen LogP contribution in [0.2, 0.25) is 0 Å². The molecule has 18 heavy (non-hydrogen) atoms. The second kappa shape index (κ2) is 7.92. The zero-order valence-corrected chi connectivity index (χ0v) is 11.9. The normalized spacial score (nSPS) is 11.9. The summed E-state index contributed by atoms with van der Waals surface area (Å²) in [6, 6.07) is 0.132. The molecule has 0 radical (unpaired) electrons. The van der Waals surface area contributed by atoms with E-state index < -0.39 is 0 Å². The lowest BCUT2D eigenvalue weighted by Crippen LogP contribution is -2.35. The molecule has 0 saturated carbocycles. The summed E-state index contributed by atoms with van der Waals surface area (Å²) < 4.78 is 0. The number of thioether (sulfide) groups is 1. The molecule has 0 bridgehead atoms. The van der Waals surface area contributed by atoms with E-state index in [0.717, 1.165) is 18.1 Å². The number of hydrogen-bond donors (Lipinski definition) is 2. The number of rotatable bonds is 7. The van der Waals surface area contributed by atoms with Gasteiger partial charge in [0.15, 0.2) is 0 Å². The molecule has 2 N–H and O–H groups in total. The summed E-state index contributed by atoms with van der Waals surface area (Å²) in [4.78, 5) is 20.1. The van der Waals surface area contributed by atoms with Crippen molar-refractivity contribution in [2.75, 3.05) is 23.4 Å². The lowest BCUT2D eigenvalue weighted by Gasteiger charge is -2.12. The fraction of sp³-hybridized carbons (Fsp3) is 0.583. The molecule has 1 unspecified atom stereocenters.